The second-order valence-corrected chi connectivity index (χ2v) is 4.54. The summed E-state index contributed by atoms with van der Waals surface area (Å²) < 4.78 is 0. The summed E-state index contributed by atoms with van der Waals surface area (Å²) in [6.07, 6.45) is 1.46. The van der Waals surface area contributed by atoms with Gasteiger partial charge < -0.3 is 15.7 Å². The zero-order valence-electron chi connectivity index (χ0n) is 9.99. The van der Waals surface area contributed by atoms with Crippen LogP contribution in [-0.2, 0) is 10.4 Å². The van der Waals surface area contributed by atoms with Crippen LogP contribution in [0.5, 0.6) is 0 Å². The highest BCUT2D eigenvalue weighted by atomic mass is 16.3. The van der Waals surface area contributed by atoms with Crippen molar-refractivity contribution < 1.29 is 9.90 Å². The number of benzene rings is 1. The molecule has 17 heavy (non-hydrogen) atoms. The maximum atomic E-state index is 10.9. The van der Waals surface area contributed by atoms with E-state index in [1.807, 2.05) is 24.3 Å². The van der Waals surface area contributed by atoms with Gasteiger partial charge in [-0.05, 0) is 43.6 Å². The molecule has 1 saturated heterocycles. The van der Waals surface area contributed by atoms with Gasteiger partial charge in [0, 0.05) is 12.6 Å². The molecule has 0 bridgehead atoms. The summed E-state index contributed by atoms with van der Waals surface area (Å²) in [5.74, 6) is -0.0849. The Morgan fingerprint density at radius 1 is 1.29 bits per heavy atom. The number of hydrogen-bond donors (Lipinski definition) is 3. The number of carbonyl (C=O) groups is 1. The SMILES string of the molecule is CC(=O)Nc1ccc(C2(O)CCNCC2)cc1. The van der Waals surface area contributed by atoms with Crippen molar-refractivity contribution in [2.75, 3.05) is 18.4 Å². The molecule has 0 atom stereocenters. The molecule has 1 aliphatic heterocycles. The summed E-state index contributed by atoms with van der Waals surface area (Å²) in [6, 6.07) is 7.43. The number of amides is 1. The summed E-state index contributed by atoms with van der Waals surface area (Å²) in [4.78, 5) is 10.9. The predicted octanol–water partition coefficient (Wildman–Crippen LogP) is 1.22. The number of carbonyl (C=O) groups excluding carboxylic acids is 1. The first-order chi connectivity index (χ1) is 8.10. The van der Waals surface area contributed by atoms with Crippen LogP contribution in [0.1, 0.15) is 25.3 Å². The fraction of sp³-hybridized carbons (Fsp3) is 0.462. The number of piperidine rings is 1. The number of anilines is 1. The Bertz CT molecular complexity index is 394. The Morgan fingerprint density at radius 2 is 1.88 bits per heavy atom. The van der Waals surface area contributed by atoms with Gasteiger partial charge in [-0.2, -0.15) is 0 Å². The van der Waals surface area contributed by atoms with Crippen molar-refractivity contribution in [1.82, 2.24) is 5.32 Å². The van der Waals surface area contributed by atoms with Crippen molar-refractivity contribution in [3.8, 4) is 0 Å². The Morgan fingerprint density at radius 3 is 2.41 bits per heavy atom. The van der Waals surface area contributed by atoms with E-state index in [1.165, 1.54) is 6.92 Å². The van der Waals surface area contributed by atoms with Crippen molar-refractivity contribution in [3.63, 3.8) is 0 Å². The average Bonchev–Trinajstić information content (AvgIpc) is 2.30. The van der Waals surface area contributed by atoms with Crippen LogP contribution in [-0.4, -0.2) is 24.1 Å². The zero-order valence-corrected chi connectivity index (χ0v) is 9.99. The van der Waals surface area contributed by atoms with Crippen LogP contribution in [0, 0.1) is 0 Å². The maximum Gasteiger partial charge on any atom is 0.221 e. The highest BCUT2D eigenvalue weighted by Crippen LogP contribution is 2.30. The van der Waals surface area contributed by atoms with Gasteiger partial charge in [-0.25, -0.2) is 0 Å². The van der Waals surface area contributed by atoms with Crippen LogP contribution < -0.4 is 10.6 Å². The molecule has 0 radical (unpaired) electrons. The lowest BCUT2D eigenvalue weighted by Gasteiger charge is -2.33. The van der Waals surface area contributed by atoms with E-state index in [-0.39, 0.29) is 5.91 Å². The van der Waals surface area contributed by atoms with E-state index < -0.39 is 5.60 Å². The molecule has 1 aliphatic rings. The molecule has 1 aromatic rings. The minimum absolute atomic E-state index is 0.0849. The molecule has 0 aromatic heterocycles. The lowest BCUT2D eigenvalue weighted by atomic mass is 9.85. The summed E-state index contributed by atoms with van der Waals surface area (Å²) >= 11 is 0. The van der Waals surface area contributed by atoms with Crippen molar-refractivity contribution >= 4 is 11.6 Å². The first-order valence-corrected chi connectivity index (χ1v) is 5.91. The Kier molecular flexibility index (Phi) is 3.45. The molecule has 1 aromatic carbocycles. The van der Waals surface area contributed by atoms with Gasteiger partial charge >= 0.3 is 0 Å². The molecule has 0 spiro atoms. The number of rotatable bonds is 2. The van der Waals surface area contributed by atoms with E-state index in [0.717, 1.165) is 37.2 Å². The molecule has 2 rings (SSSR count). The van der Waals surface area contributed by atoms with Crippen LogP contribution in [0.2, 0.25) is 0 Å². The van der Waals surface area contributed by atoms with Gasteiger partial charge in [0.25, 0.3) is 0 Å². The van der Waals surface area contributed by atoms with Crippen molar-refractivity contribution in [1.29, 1.82) is 0 Å². The lowest BCUT2D eigenvalue weighted by Crippen LogP contribution is -2.39. The largest absolute Gasteiger partial charge is 0.385 e. The highest BCUT2D eigenvalue weighted by Gasteiger charge is 2.30. The molecule has 1 amide bonds. The van der Waals surface area contributed by atoms with Crippen LogP contribution in [0.3, 0.4) is 0 Å². The second-order valence-electron chi connectivity index (χ2n) is 4.54. The summed E-state index contributed by atoms with van der Waals surface area (Å²) in [5, 5.41) is 16.4. The van der Waals surface area contributed by atoms with Gasteiger partial charge in [-0.15, -0.1) is 0 Å². The van der Waals surface area contributed by atoms with E-state index in [1.54, 1.807) is 0 Å². The third kappa shape index (κ3) is 2.84. The average molecular weight is 234 g/mol. The molecule has 4 heteroatoms. The molecular weight excluding hydrogens is 216 g/mol. The molecule has 1 heterocycles. The van der Waals surface area contributed by atoms with E-state index >= 15 is 0 Å². The molecule has 4 nitrogen and oxygen atoms in total. The quantitative estimate of drug-likeness (QED) is 0.721. The topological polar surface area (TPSA) is 61.4 Å². The number of nitrogens with one attached hydrogen (secondary N) is 2. The van der Waals surface area contributed by atoms with Crippen molar-refractivity contribution in [3.05, 3.63) is 29.8 Å². The summed E-state index contributed by atoms with van der Waals surface area (Å²) in [7, 11) is 0. The van der Waals surface area contributed by atoms with Crippen molar-refractivity contribution in [2.24, 2.45) is 0 Å². The van der Waals surface area contributed by atoms with Crippen LogP contribution in [0.4, 0.5) is 5.69 Å². The Balaban J connectivity index is 2.13. The van der Waals surface area contributed by atoms with E-state index in [9.17, 15) is 9.90 Å². The van der Waals surface area contributed by atoms with E-state index in [2.05, 4.69) is 10.6 Å². The maximum absolute atomic E-state index is 10.9. The second kappa shape index (κ2) is 4.85. The van der Waals surface area contributed by atoms with Gasteiger partial charge in [0.1, 0.15) is 0 Å². The van der Waals surface area contributed by atoms with E-state index in [0.29, 0.717) is 0 Å². The van der Waals surface area contributed by atoms with Gasteiger partial charge in [0.15, 0.2) is 0 Å². The Labute approximate surface area is 101 Å². The van der Waals surface area contributed by atoms with Crippen molar-refractivity contribution in [2.45, 2.75) is 25.4 Å². The number of aliphatic hydroxyl groups is 1. The highest BCUT2D eigenvalue weighted by molar-refractivity contribution is 5.88. The van der Waals surface area contributed by atoms with Gasteiger partial charge in [-0.3, -0.25) is 4.79 Å². The minimum Gasteiger partial charge on any atom is -0.385 e. The first-order valence-electron chi connectivity index (χ1n) is 5.91. The Hall–Kier alpha value is -1.39. The summed E-state index contributed by atoms with van der Waals surface area (Å²) in [6.45, 7) is 3.15. The molecular formula is C13H18N2O2. The molecule has 0 aliphatic carbocycles. The fourth-order valence-corrected chi connectivity index (χ4v) is 2.20. The van der Waals surface area contributed by atoms with Gasteiger partial charge in [0.05, 0.1) is 5.60 Å². The monoisotopic (exact) mass is 234 g/mol. The van der Waals surface area contributed by atoms with Gasteiger partial charge in [-0.1, -0.05) is 12.1 Å². The van der Waals surface area contributed by atoms with Crippen LogP contribution >= 0.6 is 0 Å². The smallest absolute Gasteiger partial charge is 0.221 e. The molecule has 3 N–H and O–H groups in total. The molecule has 0 unspecified atom stereocenters. The zero-order chi connectivity index (χ0) is 12.3. The third-order valence-electron chi connectivity index (χ3n) is 3.17. The van der Waals surface area contributed by atoms with Crippen LogP contribution in [0.25, 0.3) is 0 Å². The standard InChI is InChI=1S/C13H18N2O2/c1-10(16)15-12-4-2-11(3-5-12)13(17)6-8-14-9-7-13/h2-5,14,17H,6-9H2,1H3,(H,15,16). The lowest BCUT2D eigenvalue weighted by molar-refractivity contribution is -0.114. The fourth-order valence-electron chi connectivity index (χ4n) is 2.20. The summed E-state index contributed by atoms with van der Waals surface area (Å²) in [5.41, 5.74) is 0.965. The number of hydrogen-bond acceptors (Lipinski definition) is 3. The predicted molar refractivity (Wildman–Crippen MR) is 66.7 cm³/mol. The minimum atomic E-state index is -0.722. The molecule has 1 fully saturated rings. The third-order valence-corrected chi connectivity index (χ3v) is 3.17. The first kappa shape index (κ1) is 12.1. The normalized spacial score (nSPS) is 18.7. The van der Waals surface area contributed by atoms with E-state index in [4.69, 9.17) is 0 Å². The molecule has 0 saturated carbocycles. The molecule has 92 valence electrons. The van der Waals surface area contributed by atoms with Crippen LogP contribution in [0.15, 0.2) is 24.3 Å². The van der Waals surface area contributed by atoms with Gasteiger partial charge in [0.2, 0.25) is 5.91 Å².